The largest absolute Gasteiger partial charge is 0.360 e. The van der Waals surface area contributed by atoms with Crippen LogP contribution in [0.5, 0.6) is 0 Å². The van der Waals surface area contributed by atoms with Gasteiger partial charge in [0.1, 0.15) is 0 Å². The van der Waals surface area contributed by atoms with E-state index in [9.17, 15) is 8.42 Å². The van der Waals surface area contributed by atoms with Crippen LogP contribution >= 0.6 is 15.9 Å². The fourth-order valence-corrected chi connectivity index (χ4v) is 3.82. The number of rotatable bonds is 6. The first kappa shape index (κ1) is 16.2. The molecular weight excluding hydrogens is 358 g/mol. The summed E-state index contributed by atoms with van der Waals surface area (Å²) in [7, 11) is -1.82. The van der Waals surface area contributed by atoms with Gasteiger partial charge in [0.15, 0.2) is 5.76 Å². The highest BCUT2D eigenvalue weighted by Crippen LogP contribution is 2.26. The van der Waals surface area contributed by atoms with Crippen molar-refractivity contribution in [1.82, 2.24) is 15.2 Å². The Kier molecular flexibility index (Phi) is 5.15. The van der Waals surface area contributed by atoms with Crippen molar-refractivity contribution in [2.75, 3.05) is 7.05 Å². The van der Waals surface area contributed by atoms with E-state index in [0.29, 0.717) is 17.9 Å². The van der Waals surface area contributed by atoms with Crippen LogP contribution in [0.2, 0.25) is 0 Å². The molecule has 0 aliphatic heterocycles. The Bertz CT molecular complexity index is 715. The maximum absolute atomic E-state index is 12.4. The standard InChI is InChI=1S/C13H16BrN3O3S/c1-9-12(14)5-10(7-15-2)6-13(9)21(18,19)17-8-11-3-4-16-20-11/h3-6,15,17H,7-8H2,1-2H3. The summed E-state index contributed by atoms with van der Waals surface area (Å²) in [5.41, 5.74) is 1.55. The molecule has 0 aliphatic carbocycles. The fraction of sp³-hybridized carbons (Fsp3) is 0.308. The van der Waals surface area contributed by atoms with Crippen LogP contribution in [0.25, 0.3) is 0 Å². The average molecular weight is 374 g/mol. The summed E-state index contributed by atoms with van der Waals surface area (Å²) >= 11 is 3.40. The highest BCUT2D eigenvalue weighted by atomic mass is 79.9. The number of nitrogens with one attached hydrogen (secondary N) is 2. The van der Waals surface area contributed by atoms with Crippen molar-refractivity contribution in [2.24, 2.45) is 0 Å². The molecule has 0 aliphatic rings. The van der Waals surface area contributed by atoms with Crippen LogP contribution in [0.4, 0.5) is 0 Å². The van der Waals surface area contributed by atoms with Gasteiger partial charge in [0.2, 0.25) is 10.0 Å². The maximum atomic E-state index is 12.4. The predicted octanol–water partition coefficient (Wildman–Crippen LogP) is 1.94. The van der Waals surface area contributed by atoms with E-state index in [-0.39, 0.29) is 11.4 Å². The third kappa shape index (κ3) is 3.91. The van der Waals surface area contributed by atoms with Crippen molar-refractivity contribution in [1.29, 1.82) is 0 Å². The van der Waals surface area contributed by atoms with Gasteiger partial charge in [0.05, 0.1) is 17.6 Å². The van der Waals surface area contributed by atoms with E-state index in [1.165, 1.54) is 6.20 Å². The first-order valence-electron chi connectivity index (χ1n) is 6.27. The maximum Gasteiger partial charge on any atom is 0.241 e. The van der Waals surface area contributed by atoms with Gasteiger partial charge in [-0.3, -0.25) is 0 Å². The molecule has 0 bridgehead atoms. The van der Waals surface area contributed by atoms with E-state index in [4.69, 9.17) is 4.52 Å². The quantitative estimate of drug-likeness (QED) is 0.808. The van der Waals surface area contributed by atoms with Gasteiger partial charge in [0.25, 0.3) is 0 Å². The zero-order chi connectivity index (χ0) is 15.5. The lowest BCUT2D eigenvalue weighted by Crippen LogP contribution is -2.24. The third-order valence-electron chi connectivity index (χ3n) is 2.95. The van der Waals surface area contributed by atoms with E-state index < -0.39 is 10.0 Å². The molecule has 0 amide bonds. The number of halogens is 1. The zero-order valence-corrected chi connectivity index (χ0v) is 14.1. The number of hydrogen-bond donors (Lipinski definition) is 2. The molecule has 1 heterocycles. The number of hydrogen-bond acceptors (Lipinski definition) is 5. The minimum absolute atomic E-state index is 0.0651. The molecule has 0 unspecified atom stereocenters. The topological polar surface area (TPSA) is 84.2 Å². The van der Waals surface area contributed by atoms with Crippen LogP contribution < -0.4 is 10.0 Å². The smallest absolute Gasteiger partial charge is 0.241 e. The summed E-state index contributed by atoms with van der Waals surface area (Å²) in [5.74, 6) is 0.460. The summed E-state index contributed by atoms with van der Waals surface area (Å²) in [6.45, 7) is 2.41. The van der Waals surface area contributed by atoms with E-state index in [1.807, 2.05) is 13.1 Å². The minimum atomic E-state index is -3.63. The van der Waals surface area contributed by atoms with E-state index >= 15 is 0 Å². The van der Waals surface area contributed by atoms with Crippen molar-refractivity contribution in [3.63, 3.8) is 0 Å². The Balaban J connectivity index is 2.30. The van der Waals surface area contributed by atoms with Crippen molar-refractivity contribution in [3.05, 3.63) is 45.8 Å². The number of aromatic nitrogens is 1. The Labute approximate surface area is 132 Å². The average Bonchev–Trinajstić information content (AvgIpc) is 2.94. The first-order chi connectivity index (χ1) is 9.94. The van der Waals surface area contributed by atoms with Gasteiger partial charge in [-0.15, -0.1) is 0 Å². The molecule has 6 nitrogen and oxygen atoms in total. The first-order valence-corrected chi connectivity index (χ1v) is 8.54. The molecule has 1 aromatic heterocycles. The number of benzene rings is 1. The predicted molar refractivity (Wildman–Crippen MR) is 82.2 cm³/mol. The molecule has 2 rings (SSSR count). The van der Waals surface area contributed by atoms with Gasteiger partial charge < -0.3 is 9.84 Å². The molecule has 0 radical (unpaired) electrons. The SMILES string of the molecule is CNCc1cc(Br)c(C)c(S(=O)(=O)NCc2ccno2)c1. The Hall–Kier alpha value is -1.22. The Morgan fingerprint density at radius 2 is 2.10 bits per heavy atom. The van der Waals surface area contributed by atoms with Crippen LogP contribution in [0, 0.1) is 6.92 Å². The molecule has 2 aromatic rings. The molecule has 8 heteroatoms. The third-order valence-corrected chi connectivity index (χ3v) is 5.31. The molecule has 114 valence electrons. The number of sulfonamides is 1. The Morgan fingerprint density at radius 1 is 1.33 bits per heavy atom. The molecule has 0 spiro atoms. The van der Waals surface area contributed by atoms with Crippen molar-refractivity contribution in [3.8, 4) is 0 Å². The van der Waals surface area contributed by atoms with E-state index in [2.05, 4.69) is 31.1 Å². The lowest BCUT2D eigenvalue weighted by atomic mass is 10.1. The monoisotopic (exact) mass is 373 g/mol. The molecule has 21 heavy (non-hydrogen) atoms. The number of nitrogens with zero attached hydrogens (tertiary/aromatic N) is 1. The molecule has 0 saturated carbocycles. The highest BCUT2D eigenvalue weighted by molar-refractivity contribution is 9.10. The minimum Gasteiger partial charge on any atom is -0.360 e. The summed E-state index contributed by atoms with van der Waals surface area (Å²) in [5, 5.41) is 6.54. The lowest BCUT2D eigenvalue weighted by Gasteiger charge is -2.12. The van der Waals surface area contributed by atoms with Crippen LogP contribution in [0.15, 0.2) is 38.3 Å². The van der Waals surface area contributed by atoms with Gasteiger partial charge in [-0.1, -0.05) is 21.1 Å². The highest BCUT2D eigenvalue weighted by Gasteiger charge is 2.19. The van der Waals surface area contributed by atoms with Crippen LogP contribution in [0.1, 0.15) is 16.9 Å². The van der Waals surface area contributed by atoms with E-state index in [1.54, 1.807) is 19.1 Å². The van der Waals surface area contributed by atoms with Gasteiger partial charge in [-0.05, 0) is 37.2 Å². The van der Waals surface area contributed by atoms with Crippen LogP contribution in [-0.4, -0.2) is 20.6 Å². The van der Waals surface area contributed by atoms with Crippen LogP contribution in [-0.2, 0) is 23.1 Å². The fourth-order valence-electron chi connectivity index (χ4n) is 1.87. The second-order valence-electron chi connectivity index (χ2n) is 4.53. The Morgan fingerprint density at radius 3 is 2.71 bits per heavy atom. The van der Waals surface area contributed by atoms with Crippen molar-refractivity contribution in [2.45, 2.75) is 24.9 Å². The van der Waals surface area contributed by atoms with E-state index in [0.717, 1.165) is 10.0 Å². The van der Waals surface area contributed by atoms with Crippen molar-refractivity contribution >= 4 is 26.0 Å². The van der Waals surface area contributed by atoms with Crippen molar-refractivity contribution < 1.29 is 12.9 Å². The molecule has 0 saturated heterocycles. The molecule has 2 N–H and O–H groups in total. The van der Waals surface area contributed by atoms with Gasteiger partial charge in [-0.2, -0.15) is 0 Å². The summed E-state index contributed by atoms with van der Waals surface area (Å²) in [6, 6.07) is 5.18. The molecule has 0 atom stereocenters. The normalized spacial score (nSPS) is 11.8. The van der Waals surface area contributed by atoms with Gasteiger partial charge in [-0.25, -0.2) is 13.1 Å². The second kappa shape index (κ2) is 6.69. The zero-order valence-electron chi connectivity index (χ0n) is 11.7. The van der Waals surface area contributed by atoms with Crippen LogP contribution in [0.3, 0.4) is 0 Å². The summed E-state index contributed by atoms with van der Waals surface area (Å²) in [4.78, 5) is 0.252. The second-order valence-corrected chi connectivity index (χ2v) is 7.12. The summed E-state index contributed by atoms with van der Waals surface area (Å²) in [6.07, 6.45) is 1.47. The summed E-state index contributed by atoms with van der Waals surface area (Å²) < 4.78 is 33.0. The van der Waals surface area contributed by atoms with Gasteiger partial charge >= 0.3 is 0 Å². The van der Waals surface area contributed by atoms with Gasteiger partial charge in [0, 0.05) is 17.1 Å². The molecule has 1 aromatic carbocycles. The lowest BCUT2D eigenvalue weighted by molar-refractivity contribution is 0.380. The molecule has 0 fully saturated rings. The molecular formula is C13H16BrN3O3S.